The Morgan fingerprint density at radius 2 is 2.29 bits per heavy atom. The first-order chi connectivity index (χ1) is 6.74. The predicted molar refractivity (Wildman–Crippen MR) is 59.2 cm³/mol. The van der Waals surface area contributed by atoms with E-state index in [1.165, 1.54) is 0 Å². The third-order valence-electron chi connectivity index (χ3n) is 1.63. The van der Waals surface area contributed by atoms with Gasteiger partial charge in [0.1, 0.15) is 5.82 Å². The lowest BCUT2D eigenvalue weighted by Gasteiger charge is -2.06. The fourth-order valence-corrected chi connectivity index (χ4v) is 1.41. The van der Waals surface area contributed by atoms with Crippen molar-refractivity contribution >= 4 is 29.0 Å². The molecule has 1 rings (SSSR count). The first-order valence-corrected chi connectivity index (χ1v) is 5.03. The minimum Gasteiger partial charge on any atom is -0.385 e. The van der Waals surface area contributed by atoms with Gasteiger partial charge in [-0.05, 0) is 12.5 Å². The molecule has 1 N–H and O–H groups in total. The first-order valence-electron chi connectivity index (χ1n) is 4.28. The van der Waals surface area contributed by atoms with Crippen molar-refractivity contribution < 1.29 is 4.74 Å². The Morgan fingerprint density at radius 1 is 1.50 bits per heavy atom. The SMILES string of the molecule is COCCCNc1ncc(Cl)cc1Cl. The van der Waals surface area contributed by atoms with E-state index in [1.54, 1.807) is 19.4 Å². The van der Waals surface area contributed by atoms with Crippen LogP contribution >= 0.6 is 23.2 Å². The zero-order valence-corrected chi connectivity index (χ0v) is 9.40. The predicted octanol–water partition coefficient (Wildman–Crippen LogP) is 2.84. The van der Waals surface area contributed by atoms with Crippen molar-refractivity contribution in [1.29, 1.82) is 0 Å². The van der Waals surface area contributed by atoms with Gasteiger partial charge in [-0.2, -0.15) is 0 Å². The van der Waals surface area contributed by atoms with Crippen LogP contribution in [-0.2, 0) is 4.74 Å². The molecule has 1 aromatic rings. The van der Waals surface area contributed by atoms with E-state index in [9.17, 15) is 0 Å². The van der Waals surface area contributed by atoms with Gasteiger partial charge < -0.3 is 10.1 Å². The zero-order chi connectivity index (χ0) is 10.4. The average molecular weight is 235 g/mol. The van der Waals surface area contributed by atoms with E-state index in [0.29, 0.717) is 15.9 Å². The molecule has 0 amide bonds. The smallest absolute Gasteiger partial charge is 0.144 e. The van der Waals surface area contributed by atoms with Crippen LogP contribution in [0.3, 0.4) is 0 Å². The molecule has 0 aromatic carbocycles. The summed E-state index contributed by atoms with van der Waals surface area (Å²) >= 11 is 11.6. The Kier molecular flexibility index (Phi) is 5.01. The molecule has 0 saturated heterocycles. The summed E-state index contributed by atoms with van der Waals surface area (Å²) in [7, 11) is 1.67. The van der Waals surface area contributed by atoms with Crippen molar-refractivity contribution in [1.82, 2.24) is 4.98 Å². The van der Waals surface area contributed by atoms with Gasteiger partial charge in [0.25, 0.3) is 0 Å². The van der Waals surface area contributed by atoms with E-state index in [-0.39, 0.29) is 0 Å². The Labute approximate surface area is 93.4 Å². The summed E-state index contributed by atoms with van der Waals surface area (Å²) in [6.07, 6.45) is 2.48. The molecular formula is C9H12Cl2N2O. The summed E-state index contributed by atoms with van der Waals surface area (Å²) in [6.45, 7) is 1.50. The van der Waals surface area contributed by atoms with Crippen LogP contribution in [0.5, 0.6) is 0 Å². The number of halogens is 2. The fraction of sp³-hybridized carbons (Fsp3) is 0.444. The number of ether oxygens (including phenoxy) is 1. The molecule has 14 heavy (non-hydrogen) atoms. The molecule has 0 radical (unpaired) electrons. The van der Waals surface area contributed by atoms with Gasteiger partial charge in [-0.3, -0.25) is 0 Å². The molecule has 1 heterocycles. The van der Waals surface area contributed by atoms with E-state index < -0.39 is 0 Å². The van der Waals surface area contributed by atoms with Gasteiger partial charge in [-0.15, -0.1) is 0 Å². The normalized spacial score (nSPS) is 10.2. The average Bonchev–Trinajstić information content (AvgIpc) is 2.15. The Hall–Kier alpha value is -0.510. The molecule has 78 valence electrons. The van der Waals surface area contributed by atoms with Crippen LogP contribution in [0.1, 0.15) is 6.42 Å². The molecule has 3 nitrogen and oxygen atoms in total. The lowest BCUT2D eigenvalue weighted by Crippen LogP contribution is -2.06. The summed E-state index contributed by atoms with van der Waals surface area (Å²) in [4.78, 5) is 4.06. The van der Waals surface area contributed by atoms with Crippen molar-refractivity contribution in [3.63, 3.8) is 0 Å². The topological polar surface area (TPSA) is 34.1 Å². The zero-order valence-electron chi connectivity index (χ0n) is 7.89. The number of nitrogens with one attached hydrogen (secondary N) is 1. The second kappa shape index (κ2) is 6.06. The number of hydrogen-bond donors (Lipinski definition) is 1. The van der Waals surface area contributed by atoms with Gasteiger partial charge >= 0.3 is 0 Å². The van der Waals surface area contributed by atoms with E-state index in [1.807, 2.05) is 0 Å². The molecule has 0 aliphatic carbocycles. The molecule has 0 fully saturated rings. The van der Waals surface area contributed by atoms with Crippen molar-refractivity contribution in [2.75, 3.05) is 25.6 Å². The number of rotatable bonds is 5. The van der Waals surface area contributed by atoms with Crippen LogP contribution < -0.4 is 5.32 Å². The lowest BCUT2D eigenvalue weighted by molar-refractivity contribution is 0.198. The van der Waals surface area contributed by atoms with Crippen molar-refractivity contribution in [3.05, 3.63) is 22.3 Å². The summed E-state index contributed by atoms with van der Waals surface area (Å²) in [6, 6.07) is 1.66. The van der Waals surface area contributed by atoms with E-state index in [2.05, 4.69) is 10.3 Å². The highest BCUT2D eigenvalue weighted by molar-refractivity contribution is 6.35. The first kappa shape index (κ1) is 11.6. The van der Waals surface area contributed by atoms with Gasteiger partial charge in [-0.25, -0.2) is 4.98 Å². The molecule has 0 aliphatic rings. The summed E-state index contributed by atoms with van der Waals surface area (Å²) < 4.78 is 4.91. The highest BCUT2D eigenvalue weighted by atomic mass is 35.5. The highest BCUT2D eigenvalue weighted by Crippen LogP contribution is 2.22. The van der Waals surface area contributed by atoms with Crippen LogP contribution in [0.25, 0.3) is 0 Å². The summed E-state index contributed by atoms with van der Waals surface area (Å²) in [5.41, 5.74) is 0. The maximum atomic E-state index is 5.90. The van der Waals surface area contributed by atoms with Gasteiger partial charge in [0.05, 0.1) is 10.0 Å². The van der Waals surface area contributed by atoms with Gasteiger partial charge in [-0.1, -0.05) is 23.2 Å². The Morgan fingerprint density at radius 3 is 2.93 bits per heavy atom. The monoisotopic (exact) mass is 234 g/mol. The number of anilines is 1. The molecule has 0 atom stereocenters. The molecule has 0 bridgehead atoms. The van der Waals surface area contributed by atoms with Gasteiger partial charge in [0, 0.05) is 26.5 Å². The minimum atomic E-state index is 0.537. The molecule has 1 aromatic heterocycles. The number of nitrogens with zero attached hydrogens (tertiary/aromatic N) is 1. The standard InChI is InChI=1S/C9H12Cl2N2O/c1-14-4-2-3-12-9-8(11)5-7(10)6-13-9/h5-6H,2-4H2,1H3,(H,12,13). The summed E-state index contributed by atoms with van der Waals surface area (Å²) in [5.74, 6) is 0.659. The third-order valence-corrected chi connectivity index (χ3v) is 2.12. The van der Waals surface area contributed by atoms with Crippen LogP contribution in [0.2, 0.25) is 10.0 Å². The van der Waals surface area contributed by atoms with Crippen molar-refractivity contribution in [3.8, 4) is 0 Å². The highest BCUT2D eigenvalue weighted by Gasteiger charge is 2.01. The molecule has 0 saturated carbocycles. The van der Waals surface area contributed by atoms with Gasteiger partial charge in [0.15, 0.2) is 0 Å². The van der Waals surface area contributed by atoms with Crippen molar-refractivity contribution in [2.45, 2.75) is 6.42 Å². The van der Waals surface area contributed by atoms with Crippen LogP contribution in [0.4, 0.5) is 5.82 Å². The molecule has 0 unspecified atom stereocenters. The number of methoxy groups -OCH3 is 1. The maximum absolute atomic E-state index is 5.90. The Balaban J connectivity index is 2.42. The van der Waals surface area contributed by atoms with E-state index >= 15 is 0 Å². The van der Waals surface area contributed by atoms with Gasteiger partial charge in [0.2, 0.25) is 0 Å². The number of hydrogen-bond acceptors (Lipinski definition) is 3. The quantitative estimate of drug-likeness (QED) is 0.797. The van der Waals surface area contributed by atoms with Crippen LogP contribution in [-0.4, -0.2) is 25.2 Å². The van der Waals surface area contributed by atoms with E-state index in [4.69, 9.17) is 27.9 Å². The molecule has 0 aliphatic heterocycles. The largest absolute Gasteiger partial charge is 0.385 e. The summed E-state index contributed by atoms with van der Waals surface area (Å²) in [5, 5.41) is 4.17. The van der Waals surface area contributed by atoms with Crippen LogP contribution in [0.15, 0.2) is 12.3 Å². The second-order valence-corrected chi connectivity index (χ2v) is 3.60. The van der Waals surface area contributed by atoms with Crippen LogP contribution in [0, 0.1) is 0 Å². The lowest BCUT2D eigenvalue weighted by atomic mass is 10.4. The number of pyridine rings is 1. The second-order valence-electron chi connectivity index (χ2n) is 2.76. The number of aromatic nitrogens is 1. The Bertz CT molecular complexity index is 294. The fourth-order valence-electron chi connectivity index (χ4n) is 0.968. The maximum Gasteiger partial charge on any atom is 0.144 e. The molecule has 5 heteroatoms. The van der Waals surface area contributed by atoms with Crippen molar-refractivity contribution in [2.24, 2.45) is 0 Å². The molecular weight excluding hydrogens is 223 g/mol. The molecule has 0 spiro atoms. The minimum absolute atomic E-state index is 0.537. The van der Waals surface area contributed by atoms with E-state index in [0.717, 1.165) is 19.6 Å². The third kappa shape index (κ3) is 3.70.